The van der Waals surface area contributed by atoms with Gasteiger partial charge in [0.15, 0.2) is 11.5 Å². The summed E-state index contributed by atoms with van der Waals surface area (Å²) in [6.45, 7) is 2.82. The molecule has 0 bridgehead atoms. The molecule has 0 saturated heterocycles. The van der Waals surface area contributed by atoms with Crippen LogP contribution >= 0.6 is 0 Å². The number of nitrogens with zero attached hydrogens (tertiary/aromatic N) is 2. The van der Waals surface area contributed by atoms with Crippen molar-refractivity contribution in [3.63, 3.8) is 0 Å². The molecule has 1 N–H and O–H groups in total. The summed E-state index contributed by atoms with van der Waals surface area (Å²) >= 11 is 0. The molecule has 2 aromatic rings. The van der Waals surface area contributed by atoms with Gasteiger partial charge in [-0.05, 0) is 42.3 Å². The van der Waals surface area contributed by atoms with Gasteiger partial charge in [-0.2, -0.15) is 5.10 Å². The third-order valence-corrected chi connectivity index (χ3v) is 3.68. The molecule has 7 heteroatoms. The number of benzene rings is 2. The molecule has 0 aliphatic carbocycles. The van der Waals surface area contributed by atoms with Gasteiger partial charge in [-0.25, -0.2) is 0 Å². The van der Waals surface area contributed by atoms with Gasteiger partial charge in [0.25, 0.3) is 5.69 Å². The van der Waals surface area contributed by atoms with E-state index in [1.807, 2.05) is 18.2 Å². The zero-order chi connectivity index (χ0) is 18.8. The van der Waals surface area contributed by atoms with Crippen LogP contribution in [0.1, 0.15) is 31.7 Å². The van der Waals surface area contributed by atoms with E-state index in [2.05, 4.69) is 17.5 Å². The lowest BCUT2D eigenvalue weighted by molar-refractivity contribution is -0.384. The lowest BCUT2D eigenvalue weighted by Gasteiger charge is -2.11. The van der Waals surface area contributed by atoms with Crippen molar-refractivity contribution in [1.29, 1.82) is 0 Å². The average Bonchev–Trinajstić information content (AvgIpc) is 2.66. The Morgan fingerprint density at radius 2 is 1.92 bits per heavy atom. The number of hydrazone groups is 1. The van der Waals surface area contributed by atoms with Crippen LogP contribution in [0, 0.1) is 10.1 Å². The van der Waals surface area contributed by atoms with E-state index in [-0.39, 0.29) is 5.69 Å². The molecular formula is C19H23N3O4. The van der Waals surface area contributed by atoms with E-state index in [9.17, 15) is 10.1 Å². The van der Waals surface area contributed by atoms with E-state index >= 15 is 0 Å². The SMILES string of the molecule is CCCCCOc1ccc(/C=N/Nc2ccc([N+](=O)[O-])cc2)cc1OC. The second-order valence-electron chi connectivity index (χ2n) is 5.64. The van der Waals surface area contributed by atoms with Crippen molar-refractivity contribution in [1.82, 2.24) is 0 Å². The Morgan fingerprint density at radius 3 is 2.58 bits per heavy atom. The Labute approximate surface area is 152 Å². The lowest BCUT2D eigenvalue weighted by atomic mass is 10.2. The largest absolute Gasteiger partial charge is 0.493 e. The lowest BCUT2D eigenvalue weighted by Crippen LogP contribution is -2.00. The molecule has 0 aromatic heterocycles. The molecule has 0 saturated carbocycles. The molecule has 0 aliphatic rings. The molecule has 0 aliphatic heterocycles. The first-order valence-electron chi connectivity index (χ1n) is 8.48. The van der Waals surface area contributed by atoms with Crippen LogP contribution in [0.25, 0.3) is 0 Å². The summed E-state index contributed by atoms with van der Waals surface area (Å²) in [7, 11) is 1.60. The minimum Gasteiger partial charge on any atom is -0.493 e. The number of anilines is 1. The normalized spacial score (nSPS) is 10.7. The fourth-order valence-corrected chi connectivity index (χ4v) is 2.26. The van der Waals surface area contributed by atoms with Crippen molar-refractivity contribution in [2.24, 2.45) is 5.10 Å². The average molecular weight is 357 g/mol. The minimum atomic E-state index is -0.439. The topological polar surface area (TPSA) is 86.0 Å². The highest BCUT2D eigenvalue weighted by Crippen LogP contribution is 2.27. The first-order chi connectivity index (χ1) is 12.6. The van der Waals surface area contributed by atoms with Gasteiger partial charge < -0.3 is 9.47 Å². The van der Waals surface area contributed by atoms with Gasteiger partial charge in [-0.1, -0.05) is 19.8 Å². The number of ether oxygens (including phenoxy) is 2. The number of methoxy groups -OCH3 is 1. The Balaban J connectivity index is 1.95. The van der Waals surface area contributed by atoms with Gasteiger partial charge in [0.05, 0.1) is 30.5 Å². The molecule has 0 heterocycles. The maximum Gasteiger partial charge on any atom is 0.269 e. The Morgan fingerprint density at radius 1 is 1.15 bits per heavy atom. The van der Waals surface area contributed by atoms with Crippen LogP contribution in [-0.4, -0.2) is 24.9 Å². The van der Waals surface area contributed by atoms with Crippen molar-refractivity contribution in [3.05, 3.63) is 58.1 Å². The number of nitro benzene ring substituents is 1. The molecule has 26 heavy (non-hydrogen) atoms. The van der Waals surface area contributed by atoms with Crippen LogP contribution < -0.4 is 14.9 Å². The summed E-state index contributed by atoms with van der Waals surface area (Å²) in [5.74, 6) is 1.37. The number of unbranched alkanes of at least 4 members (excludes halogenated alkanes) is 2. The first kappa shape index (κ1) is 19.2. The number of hydrogen-bond acceptors (Lipinski definition) is 6. The highest BCUT2D eigenvalue weighted by atomic mass is 16.6. The van der Waals surface area contributed by atoms with Gasteiger partial charge in [-0.3, -0.25) is 15.5 Å². The van der Waals surface area contributed by atoms with Gasteiger partial charge in [0.1, 0.15) is 0 Å². The summed E-state index contributed by atoms with van der Waals surface area (Å²) in [5.41, 5.74) is 4.38. The molecule has 7 nitrogen and oxygen atoms in total. The van der Waals surface area contributed by atoms with E-state index in [4.69, 9.17) is 9.47 Å². The molecule has 0 unspecified atom stereocenters. The minimum absolute atomic E-state index is 0.0405. The number of hydrogen-bond donors (Lipinski definition) is 1. The molecule has 0 amide bonds. The second-order valence-corrected chi connectivity index (χ2v) is 5.64. The summed E-state index contributed by atoms with van der Waals surface area (Å²) < 4.78 is 11.1. The smallest absolute Gasteiger partial charge is 0.269 e. The molecule has 0 atom stereocenters. The highest BCUT2D eigenvalue weighted by molar-refractivity contribution is 5.81. The monoisotopic (exact) mass is 357 g/mol. The van der Waals surface area contributed by atoms with Crippen molar-refractivity contribution in [2.75, 3.05) is 19.1 Å². The maximum atomic E-state index is 10.6. The van der Waals surface area contributed by atoms with E-state index < -0.39 is 4.92 Å². The zero-order valence-electron chi connectivity index (χ0n) is 15.0. The van der Waals surface area contributed by atoms with E-state index in [0.29, 0.717) is 23.8 Å². The quantitative estimate of drug-likeness (QED) is 0.290. The van der Waals surface area contributed by atoms with Crippen LogP contribution in [0.4, 0.5) is 11.4 Å². The number of nitrogens with one attached hydrogen (secondary N) is 1. The number of non-ortho nitro benzene ring substituents is 1. The summed E-state index contributed by atoms with van der Waals surface area (Å²) in [4.78, 5) is 10.2. The highest BCUT2D eigenvalue weighted by Gasteiger charge is 2.05. The van der Waals surface area contributed by atoms with Crippen LogP contribution in [0.5, 0.6) is 11.5 Å². The van der Waals surface area contributed by atoms with Crippen molar-refractivity contribution >= 4 is 17.6 Å². The van der Waals surface area contributed by atoms with Crippen LogP contribution in [0.15, 0.2) is 47.6 Å². The molecule has 2 aromatic carbocycles. The molecule has 0 radical (unpaired) electrons. The van der Waals surface area contributed by atoms with Crippen LogP contribution in [0.3, 0.4) is 0 Å². The molecule has 0 spiro atoms. The van der Waals surface area contributed by atoms with Crippen molar-refractivity contribution < 1.29 is 14.4 Å². The van der Waals surface area contributed by atoms with E-state index in [1.54, 1.807) is 25.5 Å². The fourth-order valence-electron chi connectivity index (χ4n) is 2.26. The third-order valence-electron chi connectivity index (χ3n) is 3.68. The van der Waals surface area contributed by atoms with Crippen molar-refractivity contribution in [3.8, 4) is 11.5 Å². The first-order valence-corrected chi connectivity index (χ1v) is 8.48. The third kappa shape index (κ3) is 5.77. The number of rotatable bonds is 10. The van der Waals surface area contributed by atoms with Gasteiger partial charge >= 0.3 is 0 Å². The maximum absolute atomic E-state index is 10.6. The van der Waals surface area contributed by atoms with Gasteiger partial charge in [0.2, 0.25) is 0 Å². The molecule has 138 valence electrons. The van der Waals surface area contributed by atoms with Gasteiger partial charge in [-0.15, -0.1) is 0 Å². The second kappa shape index (κ2) is 10.0. The fraction of sp³-hybridized carbons (Fsp3) is 0.316. The predicted octanol–water partition coefficient (Wildman–Crippen LogP) is 4.62. The molecule has 0 fully saturated rings. The summed E-state index contributed by atoms with van der Waals surface area (Å²) in [5, 5.41) is 14.8. The Kier molecular flexibility index (Phi) is 7.42. The Hall–Kier alpha value is -3.09. The molecular weight excluding hydrogens is 334 g/mol. The van der Waals surface area contributed by atoms with Crippen molar-refractivity contribution in [2.45, 2.75) is 26.2 Å². The predicted molar refractivity (Wildman–Crippen MR) is 102 cm³/mol. The van der Waals surface area contributed by atoms with Crippen LogP contribution in [-0.2, 0) is 0 Å². The van der Waals surface area contributed by atoms with E-state index in [0.717, 1.165) is 24.8 Å². The van der Waals surface area contributed by atoms with Gasteiger partial charge in [0, 0.05) is 12.1 Å². The van der Waals surface area contributed by atoms with Crippen LogP contribution in [0.2, 0.25) is 0 Å². The number of nitro groups is 1. The summed E-state index contributed by atoms with van der Waals surface area (Å²) in [6.07, 6.45) is 4.95. The van der Waals surface area contributed by atoms with E-state index in [1.165, 1.54) is 12.1 Å². The zero-order valence-corrected chi connectivity index (χ0v) is 15.0. The Bertz CT molecular complexity index is 745. The standard InChI is InChI=1S/C19H23N3O4/c1-3-4-5-12-26-18-11-6-15(13-19(18)25-2)14-20-21-16-7-9-17(10-8-16)22(23)24/h6-11,13-14,21H,3-5,12H2,1-2H3/b20-14+. The summed E-state index contributed by atoms with van der Waals surface area (Å²) in [6, 6.07) is 11.6. The molecule has 2 rings (SSSR count).